The van der Waals surface area contributed by atoms with Gasteiger partial charge in [0, 0.05) is 17.8 Å². The average Bonchev–Trinajstić information content (AvgIpc) is 2.67. The molecule has 3 rings (SSSR count). The normalized spacial score (nSPS) is 10.4. The monoisotopic (exact) mass is 368 g/mol. The Morgan fingerprint density at radius 1 is 1.15 bits per heavy atom. The Balaban J connectivity index is 1.82. The first-order valence-electron chi connectivity index (χ1n) is 8.27. The summed E-state index contributed by atoms with van der Waals surface area (Å²) in [6.45, 7) is 2.21. The van der Waals surface area contributed by atoms with Crippen molar-refractivity contribution in [2.45, 2.75) is 13.5 Å². The van der Waals surface area contributed by atoms with Crippen LogP contribution in [0.25, 0.3) is 11.3 Å². The summed E-state index contributed by atoms with van der Waals surface area (Å²) in [5.41, 5.74) is 1.23. The summed E-state index contributed by atoms with van der Waals surface area (Å²) in [7, 11) is 0. The van der Waals surface area contributed by atoms with Crippen molar-refractivity contribution in [3.05, 3.63) is 71.9 Å². The third-order valence-corrected chi connectivity index (χ3v) is 3.68. The number of benzene rings is 2. The number of carboxylic acid groups (broad SMARTS) is 1. The third kappa shape index (κ3) is 4.58. The van der Waals surface area contributed by atoms with E-state index in [0.717, 1.165) is 0 Å². The van der Waals surface area contributed by atoms with Gasteiger partial charge in [0.15, 0.2) is 5.82 Å². The zero-order valence-electron chi connectivity index (χ0n) is 14.6. The van der Waals surface area contributed by atoms with E-state index in [1.165, 1.54) is 18.2 Å². The van der Waals surface area contributed by atoms with Gasteiger partial charge in [0.05, 0.1) is 12.3 Å². The molecule has 0 saturated heterocycles. The van der Waals surface area contributed by atoms with Crippen molar-refractivity contribution < 1.29 is 23.8 Å². The van der Waals surface area contributed by atoms with Crippen molar-refractivity contribution in [3.8, 4) is 22.8 Å². The molecule has 138 valence electrons. The second-order valence-electron chi connectivity index (χ2n) is 5.55. The van der Waals surface area contributed by atoms with Gasteiger partial charge in [0.25, 0.3) is 0 Å². The van der Waals surface area contributed by atoms with Gasteiger partial charge in [0.1, 0.15) is 29.5 Å². The number of carboxylic acids is 1. The van der Waals surface area contributed by atoms with Crippen molar-refractivity contribution in [2.75, 3.05) is 6.61 Å². The average molecular weight is 368 g/mol. The lowest BCUT2D eigenvalue weighted by atomic mass is 10.1. The number of nitrogens with zero attached hydrogens (tertiary/aromatic N) is 2. The Kier molecular flexibility index (Phi) is 5.61. The third-order valence-electron chi connectivity index (χ3n) is 3.68. The Morgan fingerprint density at radius 2 is 2.00 bits per heavy atom. The lowest BCUT2D eigenvalue weighted by molar-refractivity contribution is 0.0692. The van der Waals surface area contributed by atoms with Crippen molar-refractivity contribution in [1.29, 1.82) is 0 Å². The summed E-state index contributed by atoms with van der Waals surface area (Å²) < 4.78 is 24.0. The fraction of sp³-hybridized carbons (Fsp3) is 0.150. The molecule has 0 aliphatic carbocycles. The molecule has 0 fully saturated rings. The van der Waals surface area contributed by atoms with Gasteiger partial charge in [-0.25, -0.2) is 19.2 Å². The molecule has 0 unspecified atom stereocenters. The van der Waals surface area contributed by atoms with Crippen LogP contribution < -0.4 is 9.47 Å². The van der Waals surface area contributed by atoms with Gasteiger partial charge < -0.3 is 14.6 Å². The van der Waals surface area contributed by atoms with Crippen LogP contribution >= 0.6 is 0 Å². The van der Waals surface area contributed by atoms with E-state index in [-0.39, 0.29) is 12.2 Å². The van der Waals surface area contributed by atoms with Crippen LogP contribution in [-0.2, 0) is 6.61 Å². The maximum atomic E-state index is 13.2. The van der Waals surface area contributed by atoms with Crippen molar-refractivity contribution in [2.24, 2.45) is 0 Å². The van der Waals surface area contributed by atoms with Crippen LogP contribution in [0.3, 0.4) is 0 Å². The molecule has 0 atom stereocenters. The van der Waals surface area contributed by atoms with E-state index in [4.69, 9.17) is 9.47 Å². The van der Waals surface area contributed by atoms with E-state index < -0.39 is 11.8 Å². The maximum Gasteiger partial charge on any atom is 0.339 e. The van der Waals surface area contributed by atoms with Gasteiger partial charge in [-0.05, 0) is 43.3 Å². The topological polar surface area (TPSA) is 81.5 Å². The molecule has 1 heterocycles. The van der Waals surface area contributed by atoms with Crippen LogP contribution in [0, 0.1) is 5.82 Å². The minimum atomic E-state index is -1.08. The first-order chi connectivity index (χ1) is 13.1. The molecule has 7 heteroatoms. The number of halogens is 1. The summed E-state index contributed by atoms with van der Waals surface area (Å²) in [6.07, 6.45) is 1.56. The number of rotatable bonds is 7. The molecule has 0 radical (unpaired) electrons. The van der Waals surface area contributed by atoms with Crippen LogP contribution in [0.1, 0.15) is 23.1 Å². The lowest BCUT2D eigenvalue weighted by Gasteiger charge is -2.10. The fourth-order valence-corrected chi connectivity index (χ4v) is 2.47. The summed E-state index contributed by atoms with van der Waals surface area (Å²) in [4.78, 5) is 20.0. The number of aromatic nitrogens is 2. The standard InChI is InChI=1S/C20H17FN2O4/c1-2-26-18-7-6-13(10-16(18)20(24)25)17-8-9-22-19(23-17)12-27-15-5-3-4-14(21)11-15/h3-11H,2,12H2,1H3,(H,24,25). The largest absolute Gasteiger partial charge is 0.493 e. The van der Waals surface area contributed by atoms with Crippen molar-refractivity contribution in [3.63, 3.8) is 0 Å². The van der Waals surface area contributed by atoms with E-state index >= 15 is 0 Å². The summed E-state index contributed by atoms with van der Waals surface area (Å²) in [6, 6.07) is 12.3. The van der Waals surface area contributed by atoms with Crippen LogP contribution in [0.4, 0.5) is 4.39 Å². The Hall–Kier alpha value is -3.48. The van der Waals surface area contributed by atoms with Crippen LogP contribution in [0.15, 0.2) is 54.7 Å². The maximum absolute atomic E-state index is 13.2. The van der Waals surface area contributed by atoms with E-state index in [0.29, 0.717) is 35.2 Å². The zero-order valence-corrected chi connectivity index (χ0v) is 14.6. The molecule has 6 nitrogen and oxygen atoms in total. The smallest absolute Gasteiger partial charge is 0.339 e. The highest BCUT2D eigenvalue weighted by molar-refractivity contribution is 5.92. The number of hydrogen-bond donors (Lipinski definition) is 1. The predicted molar refractivity (Wildman–Crippen MR) is 96.3 cm³/mol. The van der Waals surface area contributed by atoms with Crippen LogP contribution in [0.2, 0.25) is 0 Å². The quantitative estimate of drug-likeness (QED) is 0.680. The second-order valence-corrected chi connectivity index (χ2v) is 5.55. The molecular formula is C20H17FN2O4. The van der Waals surface area contributed by atoms with Gasteiger partial charge in [-0.2, -0.15) is 0 Å². The van der Waals surface area contributed by atoms with E-state index in [1.807, 2.05) is 0 Å². The first kappa shape index (κ1) is 18.3. The predicted octanol–water partition coefficient (Wildman–Crippen LogP) is 3.96. The molecule has 0 aliphatic rings. The van der Waals surface area contributed by atoms with Gasteiger partial charge in [-0.3, -0.25) is 0 Å². The van der Waals surface area contributed by atoms with Gasteiger partial charge in [-0.15, -0.1) is 0 Å². The number of carbonyl (C=O) groups is 1. The molecule has 2 aromatic carbocycles. The highest BCUT2D eigenvalue weighted by atomic mass is 19.1. The van der Waals surface area contributed by atoms with Gasteiger partial charge in [0.2, 0.25) is 0 Å². The number of aromatic carboxylic acids is 1. The zero-order chi connectivity index (χ0) is 19.2. The molecule has 0 bridgehead atoms. The Bertz CT molecular complexity index is 962. The molecule has 0 amide bonds. The van der Waals surface area contributed by atoms with Crippen LogP contribution in [-0.4, -0.2) is 27.7 Å². The highest BCUT2D eigenvalue weighted by Gasteiger charge is 2.14. The Labute approximate surface area is 155 Å². The van der Waals surface area contributed by atoms with Gasteiger partial charge >= 0.3 is 5.97 Å². The second kappa shape index (κ2) is 8.27. The number of hydrogen-bond acceptors (Lipinski definition) is 5. The van der Waals surface area contributed by atoms with Crippen molar-refractivity contribution in [1.82, 2.24) is 9.97 Å². The van der Waals surface area contributed by atoms with E-state index in [2.05, 4.69) is 9.97 Å². The van der Waals surface area contributed by atoms with Crippen LogP contribution in [0.5, 0.6) is 11.5 Å². The van der Waals surface area contributed by atoms with Gasteiger partial charge in [-0.1, -0.05) is 6.07 Å². The van der Waals surface area contributed by atoms with E-state index in [1.54, 1.807) is 43.5 Å². The SMILES string of the molecule is CCOc1ccc(-c2ccnc(COc3cccc(F)c3)n2)cc1C(=O)O. The summed E-state index contributed by atoms with van der Waals surface area (Å²) in [5, 5.41) is 9.39. The summed E-state index contributed by atoms with van der Waals surface area (Å²) >= 11 is 0. The summed E-state index contributed by atoms with van der Waals surface area (Å²) in [5.74, 6) is -0.403. The molecule has 1 aromatic heterocycles. The van der Waals surface area contributed by atoms with E-state index in [9.17, 15) is 14.3 Å². The van der Waals surface area contributed by atoms with Crippen molar-refractivity contribution >= 4 is 5.97 Å². The molecule has 3 aromatic rings. The minimum Gasteiger partial charge on any atom is -0.493 e. The minimum absolute atomic E-state index is 0.0557. The molecule has 0 aliphatic heterocycles. The molecule has 27 heavy (non-hydrogen) atoms. The molecule has 0 saturated carbocycles. The lowest BCUT2D eigenvalue weighted by Crippen LogP contribution is -2.04. The fourth-order valence-electron chi connectivity index (χ4n) is 2.47. The highest BCUT2D eigenvalue weighted by Crippen LogP contribution is 2.26. The Morgan fingerprint density at radius 3 is 2.74 bits per heavy atom. The molecular weight excluding hydrogens is 351 g/mol. The molecule has 0 spiro atoms. The molecule has 1 N–H and O–H groups in total. The number of ether oxygens (including phenoxy) is 2. The first-order valence-corrected chi connectivity index (χ1v) is 8.27.